The number of hydrogen-bond acceptors (Lipinski definition) is 0. The Kier molecular flexibility index (Phi) is 5.54. The fourth-order valence-electron chi connectivity index (χ4n) is 3.98. The van der Waals surface area contributed by atoms with Crippen LogP contribution in [0.4, 0.5) is 0 Å². The predicted octanol–water partition coefficient (Wildman–Crippen LogP) is 5.62. The minimum atomic E-state index is 0.894. The smallest absolute Gasteiger partial charge is 0.0326 e. The largest absolute Gasteiger partial charge is 0.0651 e. The summed E-state index contributed by atoms with van der Waals surface area (Å²) in [5.74, 6) is 6.66. The van der Waals surface area contributed by atoms with Crippen LogP contribution < -0.4 is 0 Å². The van der Waals surface area contributed by atoms with E-state index in [1.807, 2.05) is 0 Å². The molecule has 0 aromatic rings. The second-order valence-corrected chi connectivity index (χ2v) is 6.95. The van der Waals surface area contributed by atoms with Crippen LogP contribution >= 0.6 is 0 Å². The molecule has 0 radical (unpaired) electrons. The Hall–Kier alpha value is 0. The molecular weight excluding hydrogens is 204 g/mol. The van der Waals surface area contributed by atoms with Gasteiger partial charge >= 0.3 is 0 Å². The third-order valence-corrected chi connectivity index (χ3v) is 5.91. The van der Waals surface area contributed by atoms with Crippen LogP contribution in [-0.2, 0) is 0 Å². The first-order valence-corrected chi connectivity index (χ1v) is 7.93. The Balaban J connectivity index is 2.44. The molecular formula is C17H34. The molecule has 1 saturated carbocycles. The molecule has 0 heterocycles. The lowest BCUT2D eigenvalue weighted by molar-refractivity contribution is 0.210. The average Bonchev–Trinajstić information content (AvgIpc) is 2.97. The zero-order valence-corrected chi connectivity index (χ0v) is 13.2. The predicted molar refractivity (Wildman–Crippen MR) is 78.0 cm³/mol. The van der Waals surface area contributed by atoms with E-state index in [0.29, 0.717) is 0 Å². The molecule has 1 aliphatic rings. The van der Waals surface area contributed by atoms with Crippen LogP contribution in [0.3, 0.4) is 0 Å². The number of rotatable bonds is 7. The second-order valence-electron chi connectivity index (χ2n) is 6.95. The molecule has 0 N–H and O–H groups in total. The molecule has 1 aliphatic carbocycles. The summed E-state index contributed by atoms with van der Waals surface area (Å²) >= 11 is 0. The Morgan fingerprint density at radius 2 is 1.59 bits per heavy atom. The monoisotopic (exact) mass is 238 g/mol. The molecule has 7 atom stereocenters. The first kappa shape index (κ1) is 15.1. The quantitative estimate of drug-likeness (QED) is 0.540. The van der Waals surface area contributed by atoms with Gasteiger partial charge in [0.2, 0.25) is 0 Å². The highest BCUT2D eigenvalue weighted by molar-refractivity contribution is 4.97. The fourth-order valence-corrected chi connectivity index (χ4v) is 3.98. The number of hydrogen-bond donors (Lipinski definition) is 0. The lowest BCUT2D eigenvalue weighted by Gasteiger charge is -2.28. The van der Waals surface area contributed by atoms with Gasteiger partial charge < -0.3 is 0 Å². The molecule has 0 heteroatoms. The van der Waals surface area contributed by atoms with Crippen molar-refractivity contribution in [2.24, 2.45) is 41.4 Å². The van der Waals surface area contributed by atoms with Crippen LogP contribution in [-0.4, -0.2) is 0 Å². The minimum Gasteiger partial charge on any atom is -0.0651 e. The first-order chi connectivity index (χ1) is 7.93. The average molecular weight is 238 g/mol. The van der Waals surface area contributed by atoms with Crippen molar-refractivity contribution in [2.75, 3.05) is 0 Å². The third kappa shape index (κ3) is 3.48. The third-order valence-electron chi connectivity index (χ3n) is 5.91. The van der Waals surface area contributed by atoms with Gasteiger partial charge in [0.25, 0.3) is 0 Å². The van der Waals surface area contributed by atoms with Crippen molar-refractivity contribution < 1.29 is 0 Å². The molecule has 102 valence electrons. The van der Waals surface area contributed by atoms with Gasteiger partial charge in [-0.3, -0.25) is 0 Å². The van der Waals surface area contributed by atoms with E-state index >= 15 is 0 Å². The fraction of sp³-hybridized carbons (Fsp3) is 1.00. The summed E-state index contributed by atoms with van der Waals surface area (Å²) in [6.45, 7) is 17.0. The van der Waals surface area contributed by atoms with Crippen LogP contribution in [0.5, 0.6) is 0 Å². The van der Waals surface area contributed by atoms with E-state index < -0.39 is 0 Å². The summed E-state index contributed by atoms with van der Waals surface area (Å²) in [5, 5.41) is 0. The van der Waals surface area contributed by atoms with E-state index in [0.717, 1.165) is 41.4 Å². The van der Waals surface area contributed by atoms with Crippen LogP contribution in [0.2, 0.25) is 0 Å². The van der Waals surface area contributed by atoms with E-state index in [1.165, 1.54) is 19.3 Å². The van der Waals surface area contributed by atoms with Crippen molar-refractivity contribution in [2.45, 2.75) is 67.7 Å². The lowest BCUT2D eigenvalue weighted by atomic mass is 9.77. The minimum absolute atomic E-state index is 0.894. The van der Waals surface area contributed by atoms with Crippen molar-refractivity contribution in [1.82, 2.24) is 0 Å². The van der Waals surface area contributed by atoms with E-state index in [4.69, 9.17) is 0 Å². The van der Waals surface area contributed by atoms with Crippen LogP contribution in [0, 0.1) is 41.4 Å². The summed E-state index contributed by atoms with van der Waals surface area (Å²) in [5.41, 5.74) is 0. The molecule has 17 heavy (non-hydrogen) atoms. The molecule has 0 spiro atoms. The van der Waals surface area contributed by atoms with Crippen molar-refractivity contribution >= 4 is 0 Å². The zero-order chi connectivity index (χ0) is 13.2. The standard InChI is InChI=1S/C17H34/c1-8-11(3)10-12(4)13(5)14(6)17-15(7)16(17)9-2/h11-17H,8-10H2,1-7H3. The highest BCUT2D eigenvalue weighted by atomic mass is 14.5. The summed E-state index contributed by atoms with van der Waals surface area (Å²) in [6, 6.07) is 0. The maximum Gasteiger partial charge on any atom is -0.0326 e. The highest BCUT2D eigenvalue weighted by Gasteiger charge is 2.49. The SMILES string of the molecule is CCC(C)CC(C)C(C)C(C)C1C(C)C1CC. The molecule has 7 unspecified atom stereocenters. The lowest BCUT2D eigenvalue weighted by Crippen LogP contribution is -2.21. The van der Waals surface area contributed by atoms with Crippen molar-refractivity contribution in [3.63, 3.8) is 0 Å². The van der Waals surface area contributed by atoms with Crippen LogP contribution in [0.1, 0.15) is 67.7 Å². The molecule has 0 amide bonds. The maximum absolute atomic E-state index is 2.51. The van der Waals surface area contributed by atoms with Crippen LogP contribution in [0.25, 0.3) is 0 Å². The molecule has 0 aliphatic heterocycles. The zero-order valence-electron chi connectivity index (χ0n) is 13.2. The summed E-state index contributed by atoms with van der Waals surface area (Å²) in [7, 11) is 0. The normalized spacial score (nSPS) is 35.1. The van der Waals surface area contributed by atoms with Gasteiger partial charge in [-0.05, 0) is 47.8 Å². The molecule has 1 rings (SSSR count). The van der Waals surface area contributed by atoms with Gasteiger partial charge in [-0.15, -0.1) is 0 Å². The summed E-state index contributed by atoms with van der Waals surface area (Å²) < 4.78 is 0. The van der Waals surface area contributed by atoms with Crippen molar-refractivity contribution in [3.05, 3.63) is 0 Å². The Morgan fingerprint density at radius 3 is 2.00 bits per heavy atom. The van der Waals surface area contributed by atoms with Gasteiger partial charge in [0.05, 0.1) is 0 Å². The van der Waals surface area contributed by atoms with Gasteiger partial charge in [0, 0.05) is 0 Å². The van der Waals surface area contributed by atoms with Crippen molar-refractivity contribution in [3.8, 4) is 0 Å². The first-order valence-electron chi connectivity index (χ1n) is 7.93. The van der Waals surface area contributed by atoms with Gasteiger partial charge in [0.1, 0.15) is 0 Å². The van der Waals surface area contributed by atoms with E-state index in [9.17, 15) is 0 Å². The topological polar surface area (TPSA) is 0 Å². The van der Waals surface area contributed by atoms with Crippen LogP contribution in [0.15, 0.2) is 0 Å². The molecule has 0 aromatic heterocycles. The second kappa shape index (κ2) is 6.25. The Morgan fingerprint density at radius 1 is 1.00 bits per heavy atom. The molecule has 1 fully saturated rings. The van der Waals surface area contributed by atoms with E-state index in [1.54, 1.807) is 0 Å². The Labute approximate surface area is 110 Å². The highest BCUT2D eigenvalue weighted by Crippen LogP contribution is 2.55. The molecule has 0 saturated heterocycles. The van der Waals surface area contributed by atoms with E-state index in [-0.39, 0.29) is 0 Å². The maximum atomic E-state index is 2.51. The molecule has 0 nitrogen and oxygen atoms in total. The molecule has 0 aromatic carbocycles. The van der Waals surface area contributed by atoms with Crippen molar-refractivity contribution in [1.29, 1.82) is 0 Å². The van der Waals surface area contributed by atoms with Gasteiger partial charge in [0.15, 0.2) is 0 Å². The van der Waals surface area contributed by atoms with E-state index in [2.05, 4.69) is 48.5 Å². The summed E-state index contributed by atoms with van der Waals surface area (Å²) in [6.07, 6.45) is 4.14. The van der Waals surface area contributed by atoms with Gasteiger partial charge in [-0.25, -0.2) is 0 Å². The van der Waals surface area contributed by atoms with Gasteiger partial charge in [-0.1, -0.05) is 61.3 Å². The van der Waals surface area contributed by atoms with Gasteiger partial charge in [-0.2, -0.15) is 0 Å². The molecule has 0 bridgehead atoms. The summed E-state index contributed by atoms with van der Waals surface area (Å²) in [4.78, 5) is 0. The Bertz CT molecular complexity index is 220.